The molecule has 3 rings (SSSR count). The number of nitrogens with zero attached hydrogens (tertiary/aromatic N) is 4. The molecule has 0 saturated heterocycles. The average Bonchev–Trinajstić information content (AvgIpc) is 2.85. The molecule has 1 aromatic carbocycles. The first kappa shape index (κ1) is 11.8. The average molecular weight is 317 g/mol. The number of nitriles is 1. The van der Waals surface area contributed by atoms with Crippen molar-refractivity contribution in [3.63, 3.8) is 0 Å². The van der Waals surface area contributed by atoms with Gasteiger partial charge in [-0.3, -0.25) is 0 Å². The number of hydrogen-bond acceptors (Lipinski definition) is 3. The largest absolute Gasteiger partial charge is 0.219 e. The van der Waals surface area contributed by atoms with Crippen LogP contribution in [0, 0.1) is 17.1 Å². The van der Waals surface area contributed by atoms with E-state index >= 15 is 0 Å². The monoisotopic (exact) mass is 316 g/mol. The van der Waals surface area contributed by atoms with E-state index in [0.29, 0.717) is 16.8 Å². The summed E-state index contributed by atoms with van der Waals surface area (Å²) < 4.78 is 16.0. The van der Waals surface area contributed by atoms with Crippen LogP contribution in [0.4, 0.5) is 4.39 Å². The van der Waals surface area contributed by atoms with Gasteiger partial charge in [0.2, 0.25) is 0 Å². The topological polar surface area (TPSA) is 54.0 Å². The quantitative estimate of drug-likeness (QED) is 0.693. The molecule has 0 saturated carbocycles. The zero-order valence-corrected chi connectivity index (χ0v) is 11.1. The second kappa shape index (κ2) is 4.44. The Morgan fingerprint density at radius 3 is 2.95 bits per heavy atom. The third-order valence-corrected chi connectivity index (χ3v) is 3.15. The van der Waals surface area contributed by atoms with Gasteiger partial charge in [-0.1, -0.05) is 15.9 Å². The second-order valence-electron chi connectivity index (χ2n) is 3.86. The molecule has 0 aliphatic rings. The molecule has 2 aromatic heterocycles. The molecule has 4 nitrogen and oxygen atoms in total. The van der Waals surface area contributed by atoms with Crippen molar-refractivity contribution < 1.29 is 4.39 Å². The Morgan fingerprint density at radius 2 is 2.16 bits per heavy atom. The molecule has 0 fully saturated rings. The first-order valence-corrected chi connectivity index (χ1v) is 6.19. The standard InChI is InChI=1S/C13H6BrFN4/c14-9-3-4-11(15)10(6-9)12-17-13-8(7-16)2-1-5-19(13)18-12/h1-6H. The van der Waals surface area contributed by atoms with E-state index in [9.17, 15) is 4.39 Å². The van der Waals surface area contributed by atoms with Crippen molar-refractivity contribution in [2.45, 2.75) is 0 Å². The molecule has 19 heavy (non-hydrogen) atoms. The lowest BCUT2D eigenvalue weighted by atomic mass is 10.2. The van der Waals surface area contributed by atoms with E-state index in [-0.39, 0.29) is 5.82 Å². The van der Waals surface area contributed by atoms with Crippen LogP contribution in [-0.4, -0.2) is 14.6 Å². The van der Waals surface area contributed by atoms with E-state index < -0.39 is 5.82 Å². The Labute approximate surface area is 116 Å². The second-order valence-corrected chi connectivity index (χ2v) is 4.78. The highest BCUT2D eigenvalue weighted by Crippen LogP contribution is 2.24. The third-order valence-electron chi connectivity index (χ3n) is 2.65. The van der Waals surface area contributed by atoms with E-state index in [0.717, 1.165) is 4.47 Å². The van der Waals surface area contributed by atoms with Crippen molar-refractivity contribution in [1.29, 1.82) is 5.26 Å². The zero-order chi connectivity index (χ0) is 13.4. The molecule has 0 bridgehead atoms. The SMILES string of the molecule is N#Cc1cccn2nc(-c3cc(Br)ccc3F)nc12. The smallest absolute Gasteiger partial charge is 0.185 e. The fourth-order valence-corrected chi connectivity index (χ4v) is 2.14. The third kappa shape index (κ3) is 1.98. The van der Waals surface area contributed by atoms with E-state index in [1.165, 1.54) is 10.6 Å². The minimum Gasteiger partial charge on any atom is -0.219 e. The molecule has 0 unspecified atom stereocenters. The van der Waals surface area contributed by atoms with Gasteiger partial charge in [-0.25, -0.2) is 13.9 Å². The molecule has 3 aromatic rings. The highest BCUT2D eigenvalue weighted by molar-refractivity contribution is 9.10. The number of rotatable bonds is 1. The van der Waals surface area contributed by atoms with Gasteiger partial charge in [-0.15, -0.1) is 5.10 Å². The maximum Gasteiger partial charge on any atom is 0.185 e. The summed E-state index contributed by atoms with van der Waals surface area (Å²) >= 11 is 3.28. The van der Waals surface area contributed by atoms with Gasteiger partial charge in [0.25, 0.3) is 0 Å². The Hall–Kier alpha value is -2.26. The lowest BCUT2D eigenvalue weighted by molar-refractivity contribution is 0.629. The molecule has 0 N–H and O–H groups in total. The summed E-state index contributed by atoms with van der Waals surface area (Å²) in [7, 11) is 0. The maximum atomic E-state index is 13.8. The van der Waals surface area contributed by atoms with Gasteiger partial charge in [-0.05, 0) is 30.3 Å². The minimum atomic E-state index is -0.405. The molecular formula is C13H6BrFN4. The Balaban J connectivity index is 2.27. The molecule has 2 heterocycles. The predicted octanol–water partition coefficient (Wildman–Crippen LogP) is 3.17. The van der Waals surface area contributed by atoms with Crippen LogP contribution in [0.2, 0.25) is 0 Å². The molecule has 0 spiro atoms. The number of pyridine rings is 1. The molecule has 0 aliphatic carbocycles. The number of benzene rings is 1. The van der Waals surface area contributed by atoms with Crippen LogP contribution < -0.4 is 0 Å². The predicted molar refractivity (Wildman–Crippen MR) is 70.8 cm³/mol. The van der Waals surface area contributed by atoms with Crippen molar-refractivity contribution in [2.75, 3.05) is 0 Å². The molecule has 6 heteroatoms. The van der Waals surface area contributed by atoms with Crippen LogP contribution in [0.3, 0.4) is 0 Å². The summed E-state index contributed by atoms with van der Waals surface area (Å²) in [6.07, 6.45) is 1.67. The van der Waals surface area contributed by atoms with Crippen LogP contribution in [0.25, 0.3) is 17.0 Å². The van der Waals surface area contributed by atoms with Crippen LogP contribution in [0.5, 0.6) is 0 Å². The number of hydrogen-bond donors (Lipinski definition) is 0. The molecule has 92 valence electrons. The van der Waals surface area contributed by atoms with Crippen molar-refractivity contribution in [3.05, 3.63) is 52.4 Å². The van der Waals surface area contributed by atoms with Gasteiger partial charge in [0.1, 0.15) is 11.9 Å². The molecule has 0 amide bonds. The highest BCUT2D eigenvalue weighted by atomic mass is 79.9. The molecule has 0 atom stereocenters. The summed E-state index contributed by atoms with van der Waals surface area (Å²) in [6, 6.07) is 9.93. The lowest BCUT2D eigenvalue weighted by Crippen LogP contribution is -1.89. The number of aromatic nitrogens is 3. The van der Waals surface area contributed by atoms with Gasteiger partial charge in [0.05, 0.1) is 11.1 Å². The van der Waals surface area contributed by atoms with Crippen LogP contribution in [0.15, 0.2) is 41.0 Å². The van der Waals surface area contributed by atoms with E-state index in [4.69, 9.17) is 5.26 Å². The van der Waals surface area contributed by atoms with Crippen molar-refractivity contribution in [2.24, 2.45) is 0 Å². The summed E-state index contributed by atoms with van der Waals surface area (Å²) in [5.74, 6) is -0.154. The van der Waals surface area contributed by atoms with E-state index in [1.807, 2.05) is 6.07 Å². The van der Waals surface area contributed by atoms with Crippen molar-refractivity contribution in [3.8, 4) is 17.5 Å². The minimum absolute atomic E-state index is 0.251. The molecular weight excluding hydrogens is 311 g/mol. The number of fused-ring (bicyclic) bond motifs is 1. The summed E-state index contributed by atoms with van der Waals surface area (Å²) in [5.41, 5.74) is 1.11. The molecule has 0 aliphatic heterocycles. The van der Waals surface area contributed by atoms with E-state index in [1.54, 1.807) is 30.5 Å². The van der Waals surface area contributed by atoms with Crippen LogP contribution >= 0.6 is 15.9 Å². The van der Waals surface area contributed by atoms with Crippen LogP contribution in [0.1, 0.15) is 5.56 Å². The van der Waals surface area contributed by atoms with Gasteiger partial charge in [-0.2, -0.15) is 5.26 Å². The first-order valence-electron chi connectivity index (χ1n) is 5.40. The summed E-state index contributed by atoms with van der Waals surface area (Å²) in [5, 5.41) is 13.2. The van der Waals surface area contributed by atoms with Gasteiger partial charge in [0, 0.05) is 10.7 Å². The zero-order valence-electron chi connectivity index (χ0n) is 9.51. The maximum absolute atomic E-state index is 13.8. The van der Waals surface area contributed by atoms with Gasteiger partial charge in [0.15, 0.2) is 11.5 Å². The fourth-order valence-electron chi connectivity index (χ4n) is 1.78. The van der Waals surface area contributed by atoms with Crippen molar-refractivity contribution >= 4 is 21.6 Å². The Morgan fingerprint density at radius 1 is 1.32 bits per heavy atom. The highest BCUT2D eigenvalue weighted by Gasteiger charge is 2.13. The fraction of sp³-hybridized carbons (Fsp3) is 0. The van der Waals surface area contributed by atoms with Gasteiger partial charge >= 0.3 is 0 Å². The Kier molecular flexibility index (Phi) is 2.76. The van der Waals surface area contributed by atoms with Gasteiger partial charge < -0.3 is 0 Å². The van der Waals surface area contributed by atoms with Crippen LogP contribution in [-0.2, 0) is 0 Å². The first-order chi connectivity index (χ1) is 9.19. The normalized spacial score (nSPS) is 10.6. The molecule has 0 radical (unpaired) electrons. The summed E-state index contributed by atoms with van der Waals surface area (Å²) in [4.78, 5) is 4.22. The number of halogens is 2. The summed E-state index contributed by atoms with van der Waals surface area (Å²) in [6.45, 7) is 0. The van der Waals surface area contributed by atoms with E-state index in [2.05, 4.69) is 26.0 Å². The lowest BCUT2D eigenvalue weighted by Gasteiger charge is -1.98. The Bertz CT molecular complexity index is 819. The van der Waals surface area contributed by atoms with Crippen molar-refractivity contribution in [1.82, 2.24) is 14.6 Å².